The molecule has 0 spiro atoms. The van der Waals surface area contributed by atoms with Gasteiger partial charge in [-0.1, -0.05) is 51.2 Å². The Morgan fingerprint density at radius 2 is 2.00 bits per heavy atom. The third-order valence-electron chi connectivity index (χ3n) is 5.19. The van der Waals surface area contributed by atoms with Gasteiger partial charge in [0.15, 0.2) is 0 Å². The molecule has 7 heteroatoms. The number of hydrogen-bond acceptors (Lipinski definition) is 4. The maximum Gasteiger partial charge on any atom is 0.267 e. The molecule has 0 radical (unpaired) electrons. The van der Waals surface area contributed by atoms with Crippen LogP contribution in [0.2, 0.25) is 0 Å². The second kappa shape index (κ2) is 10.0. The number of carbonyl (C=O) groups is 1. The Morgan fingerprint density at radius 1 is 1.23 bits per heavy atom. The third kappa shape index (κ3) is 4.50. The van der Waals surface area contributed by atoms with Crippen molar-refractivity contribution in [1.82, 2.24) is 19.3 Å². The number of amides is 1. The maximum atomic E-state index is 13.0. The molecule has 0 unspecified atom stereocenters. The summed E-state index contributed by atoms with van der Waals surface area (Å²) in [5.74, 6) is -0.342. The molecule has 0 saturated heterocycles. The molecule has 0 aromatic carbocycles. The fourth-order valence-corrected chi connectivity index (χ4v) is 3.57. The SMILES string of the molecule is C=CCn1c(=N)c(C(=O)NCCCCCCCC)cc2c(=O)n3ccccc3nc21. The third-order valence-corrected chi connectivity index (χ3v) is 5.19. The van der Waals surface area contributed by atoms with Crippen LogP contribution in [0.3, 0.4) is 0 Å². The minimum absolute atomic E-state index is 0.0232. The van der Waals surface area contributed by atoms with Crippen molar-refractivity contribution in [1.29, 1.82) is 5.41 Å². The monoisotopic (exact) mass is 407 g/mol. The molecule has 0 atom stereocenters. The summed E-state index contributed by atoms with van der Waals surface area (Å²) in [5, 5.41) is 11.7. The van der Waals surface area contributed by atoms with Crippen LogP contribution in [0.5, 0.6) is 0 Å². The number of carbonyl (C=O) groups excluding carboxylic acids is 1. The van der Waals surface area contributed by atoms with Crippen molar-refractivity contribution in [2.45, 2.75) is 52.0 Å². The second-order valence-corrected chi connectivity index (χ2v) is 7.41. The summed E-state index contributed by atoms with van der Waals surface area (Å²) in [4.78, 5) is 30.3. The van der Waals surface area contributed by atoms with Gasteiger partial charge in [-0.25, -0.2) is 4.98 Å². The number of nitrogens with zero attached hydrogens (tertiary/aromatic N) is 3. The molecular weight excluding hydrogens is 378 g/mol. The van der Waals surface area contributed by atoms with E-state index in [-0.39, 0.29) is 29.1 Å². The Kier molecular flexibility index (Phi) is 7.17. The Hall–Kier alpha value is -3.22. The summed E-state index contributed by atoms with van der Waals surface area (Å²) in [5.41, 5.74) is 0.801. The van der Waals surface area contributed by atoms with Gasteiger partial charge in [0.1, 0.15) is 16.8 Å². The van der Waals surface area contributed by atoms with Gasteiger partial charge in [-0.05, 0) is 24.6 Å². The predicted molar refractivity (Wildman–Crippen MR) is 119 cm³/mol. The van der Waals surface area contributed by atoms with Gasteiger partial charge in [0.2, 0.25) is 0 Å². The second-order valence-electron chi connectivity index (χ2n) is 7.41. The van der Waals surface area contributed by atoms with Gasteiger partial charge in [-0.2, -0.15) is 0 Å². The Morgan fingerprint density at radius 3 is 2.77 bits per heavy atom. The van der Waals surface area contributed by atoms with Crippen LogP contribution in [0.4, 0.5) is 0 Å². The number of nitrogens with one attached hydrogen (secondary N) is 2. The van der Waals surface area contributed by atoms with Gasteiger partial charge in [-0.3, -0.25) is 19.4 Å². The van der Waals surface area contributed by atoms with E-state index in [0.29, 0.717) is 23.2 Å². The molecule has 158 valence electrons. The van der Waals surface area contributed by atoms with Crippen molar-refractivity contribution in [3.05, 3.63) is 64.5 Å². The molecule has 0 saturated carbocycles. The highest BCUT2D eigenvalue weighted by Gasteiger charge is 2.16. The minimum Gasteiger partial charge on any atom is -0.352 e. The van der Waals surface area contributed by atoms with E-state index >= 15 is 0 Å². The van der Waals surface area contributed by atoms with Crippen molar-refractivity contribution in [2.75, 3.05) is 6.54 Å². The molecule has 2 N–H and O–H groups in total. The van der Waals surface area contributed by atoms with Crippen LogP contribution in [0, 0.1) is 5.41 Å². The molecule has 0 fully saturated rings. The van der Waals surface area contributed by atoms with Crippen LogP contribution < -0.4 is 16.4 Å². The van der Waals surface area contributed by atoms with Crippen LogP contribution in [0.25, 0.3) is 16.7 Å². The lowest BCUT2D eigenvalue weighted by Crippen LogP contribution is -2.35. The number of fused-ring (bicyclic) bond motifs is 2. The van der Waals surface area contributed by atoms with Crippen molar-refractivity contribution < 1.29 is 4.79 Å². The highest BCUT2D eigenvalue weighted by atomic mass is 16.1. The number of allylic oxidation sites excluding steroid dienone is 1. The maximum absolute atomic E-state index is 13.0. The summed E-state index contributed by atoms with van der Waals surface area (Å²) in [6.07, 6.45) is 10.1. The molecule has 7 nitrogen and oxygen atoms in total. The number of rotatable bonds is 10. The number of aromatic nitrogens is 3. The zero-order valence-corrected chi connectivity index (χ0v) is 17.5. The summed E-state index contributed by atoms with van der Waals surface area (Å²) in [6.45, 7) is 6.76. The highest BCUT2D eigenvalue weighted by Crippen LogP contribution is 2.10. The summed E-state index contributed by atoms with van der Waals surface area (Å²) in [7, 11) is 0. The van der Waals surface area contributed by atoms with E-state index in [1.54, 1.807) is 35.0 Å². The molecule has 1 amide bonds. The molecule has 3 aromatic heterocycles. The van der Waals surface area contributed by atoms with E-state index < -0.39 is 0 Å². The zero-order chi connectivity index (χ0) is 21.5. The van der Waals surface area contributed by atoms with Gasteiger partial charge < -0.3 is 9.88 Å². The lowest BCUT2D eigenvalue weighted by molar-refractivity contribution is 0.0950. The minimum atomic E-state index is -0.342. The first-order chi connectivity index (χ1) is 14.6. The van der Waals surface area contributed by atoms with Crippen LogP contribution in [0.1, 0.15) is 55.8 Å². The van der Waals surface area contributed by atoms with Gasteiger partial charge in [-0.15, -0.1) is 6.58 Å². The van der Waals surface area contributed by atoms with Gasteiger partial charge >= 0.3 is 0 Å². The quantitative estimate of drug-likeness (QED) is 0.306. The number of pyridine rings is 2. The van der Waals surface area contributed by atoms with E-state index in [1.165, 1.54) is 29.7 Å². The molecule has 0 aliphatic heterocycles. The largest absolute Gasteiger partial charge is 0.352 e. The van der Waals surface area contributed by atoms with Crippen LogP contribution in [-0.4, -0.2) is 26.4 Å². The molecule has 30 heavy (non-hydrogen) atoms. The van der Waals surface area contributed by atoms with Gasteiger partial charge in [0.25, 0.3) is 11.5 Å². The van der Waals surface area contributed by atoms with Crippen molar-refractivity contribution in [3.8, 4) is 0 Å². The van der Waals surface area contributed by atoms with E-state index in [0.717, 1.165) is 19.3 Å². The summed E-state index contributed by atoms with van der Waals surface area (Å²) < 4.78 is 3.00. The van der Waals surface area contributed by atoms with E-state index in [9.17, 15) is 9.59 Å². The first-order valence-electron chi connectivity index (χ1n) is 10.6. The number of hydrogen-bond donors (Lipinski definition) is 2. The van der Waals surface area contributed by atoms with E-state index in [1.807, 2.05) is 0 Å². The van der Waals surface area contributed by atoms with Crippen molar-refractivity contribution >= 4 is 22.6 Å². The Labute approximate surface area is 175 Å². The summed E-state index contributed by atoms with van der Waals surface area (Å²) >= 11 is 0. The predicted octanol–water partition coefficient (Wildman–Crippen LogP) is 3.40. The van der Waals surface area contributed by atoms with Crippen molar-refractivity contribution in [2.24, 2.45) is 0 Å². The molecule has 3 heterocycles. The molecule has 0 bridgehead atoms. The smallest absolute Gasteiger partial charge is 0.267 e. The molecule has 0 aliphatic rings. The lowest BCUT2D eigenvalue weighted by Gasteiger charge is -2.13. The summed E-state index contributed by atoms with van der Waals surface area (Å²) in [6, 6.07) is 6.79. The topological polar surface area (TPSA) is 92.2 Å². The van der Waals surface area contributed by atoms with Crippen molar-refractivity contribution in [3.63, 3.8) is 0 Å². The van der Waals surface area contributed by atoms with Crippen LogP contribution in [0.15, 0.2) is 47.9 Å². The fraction of sp³-hybridized carbons (Fsp3) is 0.391. The average Bonchev–Trinajstić information content (AvgIpc) is 2.75. The average molecular weight is 408 g/mol. The van der Waals surface area contributed by atoms with Gasteiger partial charge in [0, 0.05) is 19.3 Å². The van der Waals surface area contributed by atoms with Crippen LogP contribution >= 0.6 is 0 Å². The number of unbranched alkanes of at least 4 members (excludes halogenated alkanes) is 5. The first-order valence-corrected chi connectivity index (χ1v) is 10.6. The molecule has 3 rings (SSSR count). The standard InChI is InChI=1S/C23H29N5O2/c1-3-5-6-7-8-10-13-25-22(29)17-16-18-21(28(14-4-2)20(17)24)26-19-12-9-11-15-27(19)23(18)30/h4,9,11-12,15-16,24H,2-3,5-8,10,13-14H2,1H3,(H,25,29). The Balaban J connectivity index is 1.92. The van der Waals surface area contributed by atoms with E-state index in [4.69, 9.17) is 5.41 Å². The normalized spacial score (nSPS) is 11.1. The Bertz CT molecular complexity index is 1180. The van der Waals surface area contributed by atoms with Crippen LogP contribution in [-0.2, 0) is 6.54 Å². The molecular formula is C23H29N5O2. The lowest BCUT2D eigenvalue weighted by atomic mass is 10.1. The van der Waals surface area contributed by atoms with E-state index in [2.05, 4.69) is 23.8 Å². The van der Waals surface area contributed by atoms with Gasteiger partial charge in [0.05, 0.1) is 10.9 Å². The fourth-order valence-electron chi connectivity index (χ4n) is 3.57. The first kappa shape index (κ1) is 21.5. The highest BCUT2D eigenvalue weighted by molar-refractivity contribution is 5.96. The molecule has 0 aliphatic carbocycles. The molecule has 3 aromatic rings. The zero-order valence-electron chi connectivity index (χ0n) is 17.5.